The Morgan fingerprint density at radius 2 is 2.04 bits per heavy atom. The van der Waals surface area contributed by atoms with Gasteiger partial charge in [-0.2, -0.15) is 0 Å². The third-order valence-corrected chi connectivity index (χ3v) is 5.29. The molecule has 0 saturated carbocycles. The molecule has 2 aromatic rings. The summed E-state index contributed by atoms with van der Waals surface area (Å²) in [5, 5.41) is 5.62. The lowest BCUT2D eigenvalue weighted by atomic mass is 10.0. The molecule has 6 nitrogen and oxygen atoms in total. The molecule has 144 valence electrons. The van der Waals surface area contributed by atoms with Crippen LogP contribution in [0.4, 0.5) is 10.1 Å². The minimum Gasteiger partial charge on any atom is -0.381 e. The number of nitrogens with one attached hydrogen (secondary N) is 2. The number of carbonyl (C=O) groups is 3. The summed E-state index contributed by atoms with van der Waals surface area (Å²) >= 11 is 0. The van der Waals surface area contributed by atoms with Crippen molar-refractivity contribution in [2.45, 2.75) is 38.9 Å². The maximum Gasteiger partial charge on any atom is 0.255 e. The minimum absolute atomic E-state index is 0.203. The molecule has 0 spiro atoms. The zero-order chi connectivity index (χ0) is 19.8. The Morgan fingerprint density at radius 1 is 1.21 bits per heavy atom. The number of anilines is 1. The van der Waals surface area contributed by atoms with Gasteiger partial charge in [-0.25, -0.2) is 4.39 Å². The van der Waals surface area contributed by atoms with Crippen molar-refractivity contribution in [3.05, 3.63) is 64.5 Å². The molecule has 1 atom stereocenters. The Labute approximate surface area is 161 Å². The zero-order valence-corrected chi connectivity index (χ0v) is 15.4. The maximum absolute atomic E-state index is 13.4. The first-order valence-electron chi connectivity index (χ1n) is 9.19. The molecule has 2 heterocycles. The first-order chi connectivity index (χ1) is 13.4. The van der Waals surface area contributed by atoms with Gasteiger partial charge in [0.2, 0.25) is 11.8 Å². The predicted molar refractivity (Wildman–Crippen MR) is 101 cm³/mol. The highest BCUT2D eigenvalue weighted by Gasteiger charge is 2.39. The van der Waals surface area contributed by atoms with Gasteiger partial charge in [-0.1, -0.05) is 18.2 Å². The van der Waals surface area contributed by atoms with Crippen LogP contribution >= 0.6 is 0 Å². The number of fused-ring (bicyclic) bond motifs is 1. The molecule has 2 N–H and O–H groups in total. The van der Waals surface area contributed by atoms with Crippen LogP contribution in [-0.2, 0) is 22.7 Å². The van der Waals surface area contributed by atoms with Gasteiger partial charge in [-0.05, 0) is 42.7 Å². The molecule has 7 heteroatoms. The van der Waals surface area contributed by atoms with Gasteiger partial charge in [-0.3, -0.25) is 19.7 Å². The average molecular weight is 381 g/mol. The minimum atomic E-state index is -0.634. The van der Waals surface area contributed by atoms with E-state index in [-0.39, 0.29) is 24.1 Å². The number of halogens is 1. The Morgan fingerprint density at radius 3 is 2.79 bits per heavy atom. The van der Waals surface area contributed by atoms with E-state index in [1.165, 1.54) is 11.0 Å². The molecule has 0 aromatic heterocycles. The van der Waals surface area contributed by atoms with Gasteiger partial charge in [0.25, 0.3) is 5.91 Å². The van der Waals surface area contributed by atoms with Gasteiger partial charge < -0.3 is 10.2 Å². The van der Waals surface area contributed by atoms with E-state index in [9.17, 15) is 18.8 Å². The summed E-state index contributed by atoms with van der Waals surface area (Å²) in [6.45, 7) is 2.52. The highest BCUT2D eigenvalue weighted by Crippen LogP contribution is 2.32. The molecule has 1 saturated heterocycles. The van der Waals surface area contributed by atoms with Gasteiger partial charge in [-0.15, -0.1) is 0 Å². The Hall–Kier alpha value is -3.22. The summed E-state index contributed by atoms with van der Waals surface area (Å²) in [6, 6.07) is 9.74. The molecule has 1 fully saturated rings. The summed E-state index contributed by atoms with van der Waals surface area (Å²) < 4.78 is 13.4. The molecule has 1 unspecified atom stereocenters. The van der Waals surface area contributed by atoms with E-state index in [1.54, 1.807) is 31.2 Å². The number of aryl methyl sites for hydroxylation is 1. The summed E-state index contributed by atoms with van der Waals surface area (Å²) in [5.74, 6) is -1.17. The second-order valence-corrected chi connectivity index (χ2v) is 7.17. The van der Waals surface area contributed by atoms with Gasteiger partial charge in [0.15, 0.2) is 0 Å². The van der Waals surface area contributed by atoms with E-state index in [2.05, 4.69) is 10.6 Å². The van der Waals surface area contributed by atoms with Gasteiger partial charge >= 0.3 is 0 Å². The quantitative estimate of drug-likeness (QED) is 0.798. The van der Waals surface area contributed by atoms with Gasteiger partial charge in [0.1, 0.15) is 11.9 Å². The van der Waals surface area contributed by atoms with Crippen molar-refractivity contribution in [1.29, 1.82) is 0 Å². The highest BCUT2D eigenvalue weighted by atomic mass is 19.1. The molecular formula is C21H20FN3O3. The van der Waals surface area contributed by atoms with Crippen LogP contribution < -0.4 is 10.6 Å². The summed E-state index contributed by atoms with van der Waals surface area (Å²) in [6.07, 6.45) is 0.563. The lowest BCUT2D eigenvalue weighted by Crippen LogP contribution is -2.52. The molecule has 2 aliphatic rings. The third-order valence-electron chi connectivity index (χ3n) is 5.29. The first-order valence-corrected chi connectivity index (χ1v) is 9.19. The standard InChI is InChI=1S/C21H20FN3O3/c1-12-9-13(5-6-16(12)22)10-23-17-4-2-3-14-15(17)11-25(21(14)28)18-7-8-19(26)24-20(18)27/h2-6,9,18,23H,7-8,10-11H2,1H3,(H,24,26,27). The van der Waals surface area contributed by atoms with Crippen LogP contribution in [0.2, 0.25) is 0 Å². The topological polar surface area (TPSA) is 78.5 Å². The highest BCUT2D eigenvalue weighted by molar-refractivity contribution is 6.06. The molecule has 3 amide bonds. The van der Waals surface area contributed by atoms with E-state index in [1.807, 2.05) is 6.07 Å². The fraction of sp³-hybridized carbons (Fsp3) is 0.286. The van der Waals surface area contributed by atoms with E-state index in [0.717, 1.165) is 16.8 Å². The second kappa shape index (κ2) is 7.07. The zero-order valence-electron chi connectivity index (χ0n) is 15.4. The summed E-state index contributed by atoms with van der Waals surface area (Å²) in [4.78, 5) is 37.9. The number of carbonyl (C=O) groups excluding carboxylic acids is 3. The SMILES string of the molecule is Cc1cc(CNc2cccc3c2CN(C2CCC(=O)NC2=O)C3=O)ccc1F. The lowest BCUT2D eigenvalue weighted by molar-refractivity contribution is -0.136. The molecular weight excluding hydrogens is 361 g/mol. The monoisotopic (exact) mass is 381 g/mol. The molecule has 0 bridgehead atoms. The summed E-state index contributed by atoms with van der Waals surface area (Å²) in [5.41, 5.74) is 3.71. The van der Waals surface area contributed by atoms with Crippen LogP contribution in [0.3, 0.4) is 0 Å². The summed E-state index contributed by atoms with van der Waals surface area (Å²) in [7, 11) is 0. The average Bonchev–Trinajstić information content (AvgIpc) is 3.00. The van der Waals surface area contributed by atoms with Crippen molar-refractivity contribution < 1.29 is 18.8 Å². The van der Waals surface area contributed by atoms with Gasteiger partial charge in [0.05, 0.1) is 0 Å². The van der Waals surface area contributed by atoms with Crippen LogP contribution in [0.25, 0.3) is 0 Å². The molecule has 28 heavy (non-hydrogen) atoms. The Balaban J connectivity index is 1.53. The normalized spacial score (nSPS) is 18.9. The van der Waals surface area contributed by atoms with Crippen LogP contribution in [0.5, 0.6) is 0 Å². The molecule has 2 aliphatic heterocycles. The number of hydrogen-bond acceptors (Lipinski definition) is 4. The van der Waals surface area contributed by atoms with Crippen molar-refractivity contribution in [2.24, 2.45) is 0 Å². The fourth-order valence-corrected chi connectivity index (χ4v) is 3.77. The van der Waals surface area contributed by atoms with E-state index >= 15 is 0 Å². The first kappa shape index (κ1) is 18.2. The predicted octanol–water partition coefficient (Wildman–Crippen LogP) is 2.51. The van der Waals surface area contributed by atoms with Crippen molar-refractivity contribution >= 4 is 23.4 Å². The maximum atomic E-state index is 13.4. The van der Waals surface area contributed by atoms with E-state index in [4.69, 9.17) is 0 Å². The van der Waals surface area contributed by atoms with Crippen molar-refractivity contribution in [3.63, 3.8) is 0 Å². The smallest absolute Gasteiger partial charge is 0.255 e. The molecule has 2 aromatic carbocycles. The lowest BCUT2D eigenvalue weighted by Gasteiger charge is -2.29. The Bertz CT molecular complexity index is 989. The van der Waals surface area contributed by atoms with Crippen molar-refractivity contribution in [2.75, 3.05) is 5.32 Å². The third kappa shape index (κ3) is 3.24. The van der Waals surface area contributed by atoms with Crippen molar-refractivity contribution in [1.82, 2.24) is 10.2 Å². The Kier molecular flexibility index (Phi) is 4.58. The van der Waals surface area contributed by atoms with Crippen LogP contribution in [0.1, 0.15) is 39.9 Å². The van der Waals surface area contributed by atoms with E-state index in [0.29, 0.717) is 30.6 Å². The van der Waals surface area contributed by atoms with Crippen molar-refractivity contribution in [3.8, 4) is 0 Å². The fourth-order valence-electron chi connectivity index (χ4n) is 3.77. The van der Waals surface area contributed by atoms with Crippen LogP contribution in [0, 0.1) is 12.7 Å². The molecule has 0 aliphatic carbocycles. The van der Waals surface area contributed by atoms with Crippen LogP contribution in [0.15, 0.2) is 36.4 Å². The number of piperidine rings is 1. The largest absolute Gasteiger partial charge is 0.381 e. The molecule has 0 radical (unpaired) electrons. The number of nitrogens with zero attached hydrogens (tertiary/aromatic N) is 1. The van der Waals surface area contributed by atoms with Crippen LogP contribution in [-0.4, -0.2) is 28.7 Å². The van der Waals surface area contributed by atoms with Gasteiger partial charge in [0, 0.05) is 36.3 Å². The number of benzene rings is 2. The second-order valence-electron chi connectivity index (χ2n) is 7.17. The molecule has 4 rings (SSSR count). The van der Waals surface area contributed by atoms with E-state index < -0.39 is 11.9 Å². The number of hydrogen-bond donors (Lipinski definition) is 2. The number of rotatable bonds is 4. The number of amides is 3. The number of imide groups is 1.